The van der Waals surface area contributed by atoms with Crippen molar-refractivity contribution in [2.45, 2.75) is 26.3 Å². The molecule has 0 bridgehead atoms. The Bertz CT molecular complexity index is 1380. The molecular formula is C23H16ClFN2O3S. The van der Waals surface area contributed by atoms with Crippen molar-refractivity contribution in [3.05, 3.63) is 58.5 Å². The molecule has 2 amide bonds. The molecule has 0 aliphatic carbocycles. The summed E-state index contributed by atoms with van der Waals surface area (Å²) in [7, 11) is 0. The fraction of sp³-hybridized carbons (Fsp3) is 0.174. The molecule has 0 atom stereocenters. The first-order chi connectivity index (χ1) is 14.8. The van der Waals surface area contributed by atoms with Crippen LogP contribution >= 0.6 is 22.9 Å². The van der Waals surface area contributed by atoms with E-state index < -0.39 is 11.6 Å². The van der Waals surface area contributed by atoms with Crippen LogP contribution in [0.4, 0.5) is 4.39 Å². The van der Waals surface area contributed by atoms with Crippen molar-refractivity contribution in [3.8, 4) is 16.9 Å². The number of rotatable bonds is 3. The van der Waals surface area contributed by atoms with Gasteiger partial charge in [0.05, 0.1) is 22.0 Å². The minimum absolute atomic E-state index is 0.0344. The van der Waals surface area contributed by atoms with Crippen LogP contribution in [0.2, 0.25) is 5.02 Å². The number of imide groups is 1. The Morgan fingerprint density at radius 2 is 1.81 bits per heavy atom. The fourth-order valence-corrected chi connectivity index (χ4v) is 5.34. The smallest absolute Gasteiger partial charge is 0.230 e. The van der Waals surface area contributed by atoms with Crippen LogP contribution in [-0.2, 0) is 16.1 Å². The standard InChI is InChI=1S/C23H16ClFN2O3S/c1-11-2-4-12(5-3-11)18-19-13-6-7-15(28)21(25)22(13)31-23(19)26-14(20(18)24)10-27-16(29)8-9-17(27)30/h2-7,28H,8-10H2,1H3. The van der Waals surface area contributed by atoms with Crippen LogP contribution in [0.15, 0.2) is 36.4 Å². The van der Waals surface area contributed by atoms with Crippen molar-refractivity contribution in [1.29, 1.82) is 0 Å². The molecule has 5 nitrogen and oxygen atoms in total. The van der Waals surface area contributed by atoms with Crippen LogP contribution in [0, 0.1) is 12.7 Å². The predicted octanol–water partition coefficient (Wildman–Crippen LogP) is 5.57. The molecule has 4 aromatic rings. The maximum absolute atomic E-state index is 14.7. The normalized spacial score (nSPS) is 14.4. The van der Waals surface area contributed by atoms with Gasteiger partial charge in [0.15, 0.2) is 11.6 Å². The minimum Gasteiger partial charge on any atom is -0.505 e. The first kappa shape index (κ1) is 19.9. The SMILES string of the molecule is Cc1ccc(-c2c(Cl)c(CN3C(=O)CCC3=O)nc3sc4c(F)c(O)ccc4c23)cc1. The molecule has 0 saturated carbocycles. The van der Waals surface area contributed by atoms with Crippen molar-refractivity contribution in [3.63, 3.8) is 0 Å². The molecular weight excluding hydrogens is 439 g/mol. The second kappa shape index (κ2) is 7.28. The molecule has 0 spiro atoms. The molecule has 1 fully saturated rings. The molecule has 1 saturated heterocycles. The van der Waals surface area contributed by atoms with Crippen LogP contribution in [0.25, 0.3) is 31.4 Å². The van der Waals surface area contributed by atoms with E-state index in [0.29, 0.717) is 31.9 Å². The van der Waals surface area contributed by atoms with E-state index in [1.807, 2.05) is 31.2 Å². The van der Waals surface area contributed by atoms with Crippen LogP contribution in [-0.4, -0.2) is 26.8 Å². The average molecular weight is 455 g/mol. The third kappa shape index (κ3) is 3.16. The van der Waals surface area contributed by atoms with Crippen molar-refractivity contribution >= 4 is 55.1 Å². The van der Waals surface area contributed by atoms with Gasteiger partial charge in [0.25, 0.3) is 0 Å². The van der Waals surface area contributed by atoms with E-state index in [0.717, 1.165) is 22.5 Å². The summed E-state index contributed by atoms with van der Waals surface area (Å²) >= 11 is 7.92. The monoisotopic (exact) mass is 454 g/mol. The lowest BCUT2D eigenvalue weighted by atomic mass is 9.99. The lowest BCUT2D eigenvalue weighted by Gasteiger charge is -2.17. The van der Waals surface area contributed by atoms with Gasteiger partial charge in [-0.05, 0) is 24.6 Å². The molecule has 0 unspecified atom stereocenters. The number of hydrogen-bond acceptors (Lipinski definition) is 5. The summed E-state index contributed by atoms with van der Waals surface area (Å²) in [6, 6.07) is 10.7. The van der Waals surface area contributed by atoms with Gasteiger partial charge in [-0.3, -0.25) is 14.5 Å². The van der Waals surface area contributed by atoms with Crippen LogP contribution in [0.3, 0.4) is 0 Å². The van der Waals surface area contributed by atoms with E-state index in [4.69, 9.17) is 11.6 Å². The topological polar surface area (TPSA) is 70.5 Å². The van der Waals surface area contributed by atoms with Gasteiger partial charge in [-0.1, -0.05) is 41.4 Å². The molecule has 0 radical (unpaired) electrons. The number of aromatic nitrogens is 1. The maximum atomic E-state index is 14.7. The highest BCUT2D eigenvalue weighted by molar-refractivity contribution is 7.25. The summed E-state index contributed by atoms with van der Waals surface area (Å²) in [5, 5.41) is 11.4. The number of carbonyl (C=O) groups excluding carboxylic acids is 2. The molecule has 1 aliphatic heterocycles. The Labute approximate surface area is 185 Å². The number of pyridine rings is 1. The third-order valence-corrected chi connectivity index (χ3v) is 7.02. The lowest BCUT2D eigenvalue weighted by Crippen LogP contribution is -2.29. The van der Waals surface area contributed by atoms with Gasteiger partial charge in [0.1, 0.15) is 4.83 Å². The summed E-state index contributed by atoms with van der Waals surface area (Å²) in [6.45, 7) is 1.94. The Morgan fingerprint density at radius 3 is 2.48 bits per heavy atom. The number of carbonyl (C=O) groups is 2. The molecule has 31 heavy (non-hydrogen) atoms. The van der Waals surface area contributed by atoms with Crippen LogP contribution < -0.4 is 0 Å². The van der Waals surface area contributed by atoms with Crippen LogP contribution in [0.1, 0.15) is 24.1 Å². The van der Waals surface area contributed by atoms with Gasteiger partial charge in [0, 0.05) is 29.2 Å². The summed E-state index contributed by atoms with van der Waals surface area (Å²) in [4.78, 5) is 30.6. The third-order valence-electron chi connectivity index (χ3n) is 5.52. The largest absolute Gasteiger partial charge is 0.505 e. The highest BCUT2D eigenvalue weighted by atomic mass is 35.5. The van der Waals surface area contributed by atoms with Gasteiger partial charge in [-0.25, -0.2) is 9.37 Å². The van der Waals surface area contributed by atoms with Gasteiger partial charge in [-0.15, -0.1) is 11.3 Å². The number of nitrogens with zero attached hydrogens (tertiary/aromatic N) is 2. The van der Waals surface area contributed by atoms with E-state index in [-0.39, 0.29) is 35.9 Å². The molecule has 1 N–H and O–H groups in total. The van der Waals surface area contributed by atoms with E-state index in [1.165, 1.54) is 11.0 Å². The highest BCUT2D eigenvalue weighted by Gasteiger charge is 2.31. The van der Waals surface area contributed by atoms with Crippen molar-refractivity contribution in [2.75, 3.05) is 0 Å². The van der Waals surface area contributed by atoms with Gasteiger partial charge in [-0.2, -0.15) is 0 Å². The Balaban J connectivity index is 1.82. The van der Waals surface area contributed by atoms with E-state index >= 15 is 0 Å². The summed E-state index contributed by atoms with van der Waals surface area (Å²) < 4.78 is 14.9. The molecule has 2 aromatic heterocycles. The number of aromatic hydroxyl groups is 1. The second-order valence-corrected chi connectivity index (χ2v) is 8.92. The van der Waals surface area contributed by atoms with Gasteiger partial charge in [0.2, 0.25) is 11.8 Å². The highest BCUT2D eigenvalue weighted by Crippen LogP contribution is 2.45. The van der Waals surface area contributed by atoms with Crippen LogP contribution in [0.5, 0.6) is 5.75 Å². The Kier molecular flexibility index (Phi) is 4.68. The molecule has 156 valence electrons. The molecule has 8 heteroatoms. The van der Waals surface area contributed by atoms with Gasteiger partial charge >= 0.3 is 0 Å². The zero-order valence-corrected chi connectivity index (χ0v) is 18.0. The molecule has 3 heterocycles. The maximum Gasteiger partial charge on any atom is 0.230 e. The van der Waals surface area contributed by atoms with Crippen molar-refractivity contribution in [2.24, 2.45) is 0 Å². The number of fused-ring (bicyclic) bond motifs is 3. The van der Waals surface area contributed by atoms with E-state index in [1.54, 1.807) is 6.07 Å². The molecule has 2 aromatic carbocycles. The van der Waals surface area contributed by atoms with E-state index in [9.17, 15) is 19.1 Å². The molecule has 1 aliphatic rings. The average Bonchev–Trinajstić information content (AvgIpc) is 3.27. The van der Waals surface area contributed by atoms with Gasteiger partial charge < -0.3 is 5.11 Å². The zero-order valence-electron chi connectivity index (χ0n) is 16.4. The Morgan fingerprint density at radius 1 is 1.13 bits per heavy atom. The van der Waals surface area contributed by atoms with Crippen molar-refractivity contribution in [1.82, 2.24) is 9.88 Å². The number of benzene rings is 2. The zero-order chi connectivity index (χ0) is 21.9. The number of phenols is 1. The number of aryl methyl sites for hydroxylation is 1. The molecule has 5 rings (SSSR count). The van der Waals surface area contributed by atoms with Crippen molar-refractivity contribution < 1.29 is 19.1 Å². The minimum atomic E-state index is -0.710. The number of phenolic OH excluding ortho intramolecular Hbond substituents is 1. The summed E-state index contributed by atoms with van der Waals surface area (Å²) in [5.74, 6) is -1.66. The fourth-order valence-electron chi connectivity index (χ4n) is 3.90. The lowest BCUT2D eigenvalue weighted by molar-refractivity contribution is -0.139. The predicted molar refractivity (Wildman–Crippen MR) is 119 cm³/mol. The number of likely N-dealkylation sites (tertiary alicyclic amines) is 1. The number of halogens is 2. The number of amides is 2. The number of thiophene rings is 1. The first-order valence-corrected chi connectivity index (χ1v) is 10.9. The number of hydrogen-bond donors (Lipinski definition) is 1. The second-order valence-electron chi connectivity index (χ2n) is 7.54. The van der Waals surface area contributed by atoms with E-state index in [2.05, 4.69) is 4.98 Å². The Hall–Kier alpha value is -3.03. The quantitative estimate of drug-likeness (QED) is 0.411. The first-order valence-electron chi connectivity index (χ1n) is 9.67. The summed E-state index contributed by atoms with van der Waals surface area (Å²) in [5.41, 5.74) is 2.93. The summed E-state index contributed by atoms with van der Waals surface area (Å²) in [6.07, 6.45) is 0.355.